The molecule has 1 fully saturated rings. The summed E-state index contributed by atoms with van der Waals surface area (Å²) in [4.78, 5) is 0. The Bertz CT molecular complexity index is 324. The highest BCUT2D eigenvalue weighted by Crippen LogP contribution is 2.42. The van der Waals surface area contributed by atoms with Crippen molar-refractivity contribution in [1.29, 1.82) is 0 Å². The SMILES string of the molecule is CNCC1CCC1c1cccc(OC)c1. The van der Waals surface area contributed by atoms with Crippen LogP contribution in [0.4, 0.5) is 0 Å². The van der Waals surface area contributed by atoms with Gasteiger partial charge in [0, 0.05) is 0 Å². The summed E-state index contributed by atoms with van der Waals surface area (Å²) in [7, 11) is 3.76. The second-order valence-corrected chi connectivity index (χ2v) is 4.28. The van der Waals surface area contributed by atoms with Gasteiger partial charge in [0.1, 0.15) is 5.75 Å². The van der Waals surface area contributed by atoms with Gasteiger partial charge < -0.3 is 10.1 Å². The quantitative estimate of drug-likeness (QED) is 0.815. The first-order valence-electron chi connectivity index (χ1n) is 5.63. The summed E-state index contributed by atoms with van der Waals surface area (Å²) in [5.74, 6) is 2.51. The van der Waals surface area contributed by atoms with Gasteiger partial charge in [-0.1, -0.05) is 12.1 Å². The van der Waals surface area contributed by atoms with Crippen molar-refractivity contribution in [3.8, 4) is 5.75 Å². The van der Waals surface area contributed by atoms with Gasteiger partial charge in [-0.2, -0.15) is 0 Å². The molecule has 0 heterocycles. The highest BCUT2D eigenvalue weighted by Gasteiger charge is 2.31. The molecule has 0 bridgehead atoms. The third kappa shape index (κ3) is 2.15. The maximum absolute atomic E-state index is 5.25. The zero-order valence-corrected chi connectivity index (χ0v) is 9.49. The van der Waals surface area contributed by atoms with E-state index in [0.29, 0.717) is 0 Å². The zero-order chi connectivity index (χ0) is 10.7. The summed E-state index contributed by atoms with van der Waals surface area (Å²) in [5.41, 5.74) is 1.43. The second-order valence-electron chi connectivity index (χ2n) is 4.28. The van der Waals surface area contributed by atoms with Gasteiger partial charge in [0.2, 0.25) is 0 Å². The summed E-state index contributed by atoms with van der Waals surface area (Å²) in [6, 6.07) is 8.49. The third-order valence-corrected chi connectivity index (χ3v) is 3.41. The molecule has 0 radical (unpaired) electrons. The van der Waals surface area contributed by atoms with Crippen LogP contribution < -0.4 is 10.1 Å². The molecule has 15 heavy (non-hydrogen) atoms. The first-order valence-corrected chi connectivity index (χ1v) is 5.63. The number of benzene rings is 1. The van der Waals surface area contributed by atoms with Crippen molar-refractivity contribution in [2.24, 2.45) is 5.92 Å². The molecule has 0 saturated heterocycles. The summed E-state index contributed by atoms with van der Waals surface area (Å²) >= 11 is 0. The molecule has 1 saturated carbocycles. The predicted molar refractivity (Wildman–Crippen MR) is 62.4 cm³/mol. The van der Waals surface area contributed by atoms with Crippen LogP contribution in [-0.4, -0.2) is 20.7 Å². The van der Waals surface area contributed by atoms with Crippen molar-refractivity contribution in [3.63, 3.8) is 0 Å². The standard InChI is InChI=1S/C13H19NO/c1-14-9-11-6-7-13(11)10-4-3-5-12(8-10)15-2/h3-5,8,11,13-14H,6-7,9H2,1-2H3. The van der Waals surface area contributed by atoms with Gasteiger partial charge in [-0.15, -0.1) is 0 Å². The van der Waals surface area contributed by atoms with Gasteiger partial charge in [-0.3, -0.25) is 0 Å². The predicted octanol–water partition coefficient (Wildman–Crippen LogP) is 2.41. The Morgan fingerprint density at radius 1 is 1.40 bits per heavy atom. The molecule has 2 atom stereocenters. The Labute approximate surface area is 91.6 Å². The number of methoxy groups -OCH3 is 1. The van der Waals surface area contributed by atoms with E-state index in [9.17, 15) is 0 Å². The Morgan fingerprint density at radius 2 is 2.27 bits per heavy atom. The number of hydrogen-bond donors (Lipinski definition) is 1. The first kappa shape index (κ1) is 10.5. The lowest BCUT2D eigenvalue weighted by Crippen LogP contribution is -2.32. The largest absolute Gasteiger partial charge is 0.497 e. The van der Waals surface area contributed by atoms with Gasteiger partial charge in [0.05, 0.1) is 7.11 Å². The Morgan fingerprint density at radius 3 is 2.87 bits per heavy atom. The molecule has 0 aliphatic heterocycles. The molecule has 82 valence electrons. The Kier molecular flexibility index (Phi) is 3.27. The van der Waals surface area contributed by atoms with Crippen molar-refractivity contribution >= 4 is 0 Å². The monoisotopic (exact) mass is 205 g/mol. The smallest absolute Gasteiger partial charge is 0.119 e. The number of rotatable bonds is 4. The van der Waals surface area contributed by atoms with E-state index in [1.54, 1.807) is 7.11 Å². The molecule has 0 amide bonds. The number of hydrogen-bond acceptors (Lipinski definition) is 2. The van der Waals surface area contributed by atoms with Crippen LogP contribution in [-0.2, 0) is 0 Å². The van der Waals surface area contributed by atoms with Crippen molar-refractivity contribution in [3.05, 3.63) is 29.8 Å². The van der Waals surface area contributed by atoms with Gasteiger partial charge in [-0.05, 0) is 56.0 Å². The average Bonchev–Trinajstić information content (AvgIpc) is 2.25. The zero-order valence-electron chi connectivity index (χ0n) is 9.49. The van der Waals surface area contributed by atoms with Crippen LogP contribution in [0.5, 0.6) is 5.75 Å². The molecular formula is C13H19NO. The van der Waals surface area contributed by atoms with Gasteiger partial charge in [0.15, 0.2) is 0 Å². The van der Waals surface area contributed by atoms with E-state index >= 15 is 0 Å². The fourth-order valence-electron chi connectivity index (χ4n) is 2.39. The second kappa shape index (κ2) is 4.67. The van der Waals surface area contributed by atoms with E-state index in [4.69, 9.17) is 4.74 Å². The molecule has 1 aromatic carbocycles. The van der Waals surface area contributed by atoms with Gasteiger partial charge in [0.25, 0.3) is 0 Å². The average molecular weight is 205 g/mol. The normalized spacial score (nSPS) is 24.7. The van der Waals surface area contributed by atoms with E-state index in [1.165, 1.54) is 18.4 Å². The molecule has 1 aliphatic rings. The summed E-state index contributed by atoms with van der Waals surface area (Å²) in [5, 5.41) is 3.27. The van der Waals surface area contributed by atoms with Crippen LogP contribution in [0, 0.1) is 5.92 Å². The molecule has 1 N–H and O–H groups in total. The first-order chi connectivity index (χ1) is 7.35. The molecule has 2 heteroatoms. The lowest BCUT2D eigenvalue weighted by atomic mass is 9.70. The van der Waals surface area contributed by atoms with Crippen molar-refractivity contribution < 1.29 is 4.74 Å². The maximum Gasteiger partial charge on any atom is 0.119 e. The molecule has 2 nitrogen and oxygen atoms in total. The Balaban J connectivity index is 2.08. The third-order valence-electron chi connectivity index (χ3n) is 3.41. The van der Waals surface area contributed by atoms with Crippen LogP contribution in [0.3, 0.4) is 0 Å². The molecule has 2 unspecified atom stereocenters. The van der Waals surface area contributed by atoms with Crippen LogP contribution in [0.2, 0.25) is 0 Å². The molecule has 1 aromatic rings. The van der Waals surface area contributed by atoms with E-state index in [2.05, 4.69) is 23.5 Å². The van der Waals surface area contributed by atoms with Crippen molar-refractivity contribution in [2.75, 3.05) is 20.7 Å². The summed E-state index contributed by atoms with van der Waals surface area (Å²) < 4.78 is 5.25. The fourth-order valence-corrected chi connectivity index (χ4v) is 2.39. The molecular weight excluding hydrogens is 186 g/mol. The van der Waals surface area contributed by atoms with E-state index in [0.717, 1.165) is 24.1 Å². The molecule has 0 spiro atoms. The van der Waals surface area contributed by atoms with Crippen molar-refractivity contribution in [2.45, 2.75) is 18.8 Å². The van der Waals surface area contributed by atoms with E-state index in [1.807, 2.05) is 13.1 Å². The van der Waals surface area contributed by atoms with Crippen LogP contribution in [0.1, 0.15) is 24.3 Å². The number of ether oxygens (including phenoxy) is 1. The van der Waals surface area contributed by atoms with E-state index in [-0.39, 0.29) is 0 Å². The number of nitrogens with one attached hydrogen (secondary N) is 1. The van der Waals surface area contributed by atoms with Gasteiger partial charge >= 0.3 is 0 Å². The van der Waals surface area contributed by atoms with Crippen LogP contribution in [0.15, 0.2) is 24.3 Å². The van der Waals surface area contributed by atoms with Crippen LogP contribution >= 0.6 is 0 Å². The molecule has 1 aliphatic carbocycles. The fraction of sp³-hybridized carbons (Fsp3) is 0.538. The van der Waals surface area contributed by atoms with Gasteiger partial charge in [-0.25, -0.2) is 0 Å². The topological polar surface area (TPSA) is 21.3 Å². The van der Waals surface area contributed by atoms with Crippen molar-refractivity contribution in [1.82, 2.24) is 5.32 Å². The Hall–Kier alpha value is -1.02. The minimum absolute atomic E-state index is 0.729. The lowest BCUT2D eigenvalue weighted by molar-refractivity contribution is 0.250. The van der Waals surface area contributed by atoms with Crippen LogP contribution in [0.25, 0.3) is 0 Å². The highest BCUT2D eigenvalue weighted by molar-refractivity contribution is 5.32. The summed E-state index contributed by atoms with van der Waals surface area (Å²) in [6.45, 7) is 1.13. The molecule has 0 aromatic heterocycles. The summed E-state index contributed by atoms with van der Waals surface area (Å²) in [6.07, 6.45) is 2.67. The molecule has 2 rings (SSSR count). The van der Waals surface area contributed by atoms with E-state index < -0.39 is 0 Å². The minimum atomic E-state index is 0.729. The highest BCUT2D eigenvalue weighted by atomic mass is 16.5. The minimum Gasteiger partial charge on any atom is -0.497 e. The maximum atomic E-state index is 5.25. The lowest BCUT2D eigenvalue weighted by Gasteiger charge is -2.37.